The second-order valence-corrected chi connectivity index (χ2v) is 14.9. The lowest BCUT2D eigenvalue weighted by Crippen LogP contribution is -2.59. The lowest BCUT2D eigenvalue weighted by Gasteiger charge is -2.53. The van der Waals surface area contributed by atoms with Crippen LogP contribution < -0.4 is 5.32 Å². The van der Waals surface area contributed by atoms with Crippen LogP contribution in [0.1, 0.15) is 56.6 Å². The smallest absolute Gasteiger partial charge is 0.206 e. The zero-order chi connectivity index (χ0) is 29.2. The Labute approximate surface area is 253 Å². The number of likely N-dealkylation sites (tertiary alicyclic amines) is 2. The lowest BCUT2D eigenvalue weighted by atomic mass is 9.63. The third-order valence-corrected chi connectivity index (χ3v) is 12.3. The molecule has 0 aromatic heterocycles. The first kappa shape index (κ1) is 29.4. The summed E-state index contributed by atoms with van der Waals surface area (Å²) in [6.07, 6.45) is 14.3. The van der Waals surface area contributed by atoms with E-state index in [9.17, 15) is 8.42 Å². The van der Waals surface area contributed by atoms with E-state index in [4.69, 9.17) is 0 Å². The molecule has 0 spiro atoms. The minimum atomic E-state index is -3.56. The highest BCUT2D eigenvalue weighted by molar-refractivity contribution is 7.95. The van der Waals surface area contributed by atoms with Gasteiger partial charge in [-0.25, -0.2) is 8.42 Å². The predicted octanol–water partition coefficient (Wildman–Crippen LogP) is 6.31. The van der Waals surface area contributed by atoms with E-state index in [1.807, 2.05) is 12.1 Å². The standard InChI is InChI=1S/C36H47N3O2S/c1-3-33(42(40,41)34-14-5-4-6-15-34)18-17-28(2)39-26-29(27-39)25-38-23-20-32(21-24-38)36(31-12-8-9-13-31)35-16-10-7-11-30(35)19-22-37-36/h3-7,10-11,14-18,29,31-32,37H,1,8-9,12-13,19-27H2,2H3/b28-17+,33-18+. The van der Waals surface area contributed by atoms with Crippen molar-refractivity contribution >= 4 is 9.84 Å². The number of piperidine rings is 1. The maximum absolute atomic E-state index is 13.0. The Morgan fingerprint density at radius 2 is 1.62 bits per heavy atom. The molecule has 2 saturated heterocycles. The molecule has 1 N–H and O–H groups in total. The normalized spacial score (nSPS) is 25.3. The molecule has 2 aromatic carbocycles. The summed E-state index contributed by atoms with van der Waals surface area (Å²) in [5.74, 6) is 2.14. The van der Waals surface area contributed by atoms with Gasteiger partial charge in [-0.15, -0.1) is 0 Å². The number of fused-ring (bicyclic) bond motifs is 1. The Kier molecular flexibility index (Phi) is 8.76. The summed E-state index contributed by atoms with van der Waals surface area (Å²) in [6.45, 7) is 12.6. The Morgan fingerprint density at radius 1 is 0.952 bits per heavy atom. The van der Waals surface area contributed by atoms with Crippen molar-refractivity contribution in [1.82, 2.24) is 15.1 Å². The number of rotatable bonds is 9. The van der Waals surface area contributed by atoms with Crippen LogP contribution in [0.15, 0.2) is 94.9 Å². The fourth-order valence-corrected chi connectivity index (χ4v) is 9.56. The van der Waals surface area contributed by atoms with Crippen LogP contribution in [-0.4, -0.2) is 57.5 Å². The van der Waals surface area contributed by atoms with Crippen molar-refractivity contribution in [3.63, 3.8) is 0 Å². The van der Waals surface area contributed by atoms with Gasteiger partial charge in [-0.2, -0.15) is 0 Å². The highest BCUT2D eigenvalue weighted by atomic mass is 32.2. The molecule has 0 bridgehead atoms. The van der Waals surface area contributed by atoms with E-state index in [1.165, 1.54) is 57.7 Å². The van der Waals surface area contributed by atoms with Crippen LogP contribution in [0.3, 0.4) is 0 Å². The van der Waals surface area contributed by atoms with Crippen molar-refractivity contribution < 1.29 is 8.42 Å². The molecule has 3 aliphatic heterocycles. The number of nitrogens with zero attached hydrogens (tertiary/aromatic N) is 2. The zero-order valence-electron chi connectivity index (χ0n) is 25.2. The predicted molar refractivity (Wildman–Crippen MR) is 172 cm³/mol. The molecule has 1 unspecified atom stereocenters. The van der Waals surface area contributed by atoms with Crippen LogP contribution >= 0.6 is 0 Å². The van der Waals surface area contributed by atoms with Crippen molar-refractivity contribution in [1.29, 1.82) is 0 Å². The van der Waals surface area contributed by atoms with Gasteiger partial charge in [-0.3, -0.25) is 0 Å². The summed E-state index contributed by atoms with van der Waals surface area (Å²) in [5.41, 5.74) is 4.46. The molecule has 6 heteroatoms. The Balaban J connectivity index is 1.04. The lowest BCUT2D eigenvalue weighted by molar-refractivity contribution is 0.0345. The SMILES string of the molecule is C=C/C(=C\C=C(/C)N1CC(CN2CCC(C3(C4CCCC4)NCCc4ccccc43)CC2)C1)S(=O)(=O)c1ccccc1. The maximum Gasteiger partial charge on any atom is 0.206 e. The van der Waals surface area contributed by atoms with Crippen LogP contribution in [0, 0.1) is 17.8 Å². The largest absolute Gasteiger partial charge is 0.374 e. The molecule has 5 nitrogen and oxygen atoms in total. The topological polar surface area (TPSA) is 52.6 Å². The number of benzene rings is 2. The van der Waals surface area contributed by atoms with E-state index in [0.717, 1.165) is 44.2 Å². The number of hydrogen-bond acceptors (Lipinski definition) is 5. The van der Waals surface area contributed by atoms with Gasteiger partial charge in [0, 0.05) is 43.3 Å². The maximum atomic E-state index is 13.0. The van der Waals surface area contributed by atoms with E-state index in [2.05, 4.69) is 52.9 Å². The summed E-state index contributed by atoms with van der Waals surface area (Å²) in [7, 11) is -3.56. The average molecular weight is 586 g/mol. The van der Waals surface area contributed by atoms with Crippen molar-refractivity contribution in [2.24, 2.45) is 17.8 Å². The van der Waals surface area contributed by atoms with Gasteiger partial charge in [0.15, 0.2) is 0 Å². The first-order chi connectivity index (χ1) is 20.4. The second kappa shape index (κ2) is 12.5. The van der Waals surface area contributed by atoms with Gasteiger partial charge in [-0.05, 0) is 99.4 Å². The first-order valence-corrected chi connectivity index (χ1v) is 17.5. The van der Waals surface area contributed by atoms with Crippen LogP contribution in [0.25, 0.3) is 0 Å². The highest BCUT2D eigenvalue weighted by Crippen LogP contribution is 2.50. The summed E-state index contributed by atoms with van der Waals surface area (Å²) >= 11 is 0. The third kappa shape index (κ3) is 5.66. The van der Waals surface area contributed by atoms with Crippen molar-refractivity contribution in [2.45, 2.75) is 62.3 Å². The molecule has 3 heterocycles. The van der Waals surface area contributed by atoms with E-state index in [1.54, 1.807) is 41.5 Å². The number of sulfone groups is 1. The molecular formula is C36H47N3O2S. The molecule has 3 fully saturated rings. The fourth-order valence-electron chi connectivity index (χ4n) is 8.30. The number of hydrogen-bond donors (Lipinski definition) is 1. The molecule has 6 rings (SSSR count). The van der Waals surface area contributed by atoms with E-state index >= 15 is 0 Å². The summed E-state index contributed by atoms with van der Waals surface area (Å²) < 4.78 is 26.0. The van der Waals surface area contributed by atoms with Crippen LogP contribution in [-0.2, 0) is 21.8 Å². The van der Waals surface area contributed by atoms with Crippen LogP contribution in [0.2, 0.25) is 0 Å². The number of nitrogens with one attached hydrogen (secondary N) is 1. The molecule has 1 atom stereocenters. The van der Waals surface area contributed by atoms with E-state index < -0.39 is 9.84 Å². The first-order valence-electron chi connectivity index (χ1n) is 16.0. The van der Waals surface area contributed by atoms with Crippen molar-refractivity contribution in [3.8, 4) is 0 Å². The summed E-state index contributed by atoms with van der Waals surface area (Å²) in [4.78, 5) is 5.60. The molecule has 1 saturated carbocycles. The Hall–Kier alpha value is -2.67. The summed E-state index contributed by atoms with van der Waals surface area (Å²) in [6, 6.07) is 17.9. The minimum absolute atomic E-state index is 0.165. The zero-order valence-corrected chi connectivity index (χ0v) is 26.0. The molecular weight excluding hydrogens is 538 g/mol. The van der Waals surface area contributed by atoms with Gasteiger partial charge in [-0.1, -0.05) is 68.0 Å². The molecule has 2 aromatic rings. The van der Waals surface area contributed by atoms with Gasteiger partial charge in [0.1, 0.15) is 0 Å². The molecule has 4 aliphatic rings. The fraction of sp³-hybridized carbons (Fsp3) is 0.500. The Bertz CT molecular complexity index is 1410. The highest BCUT2D eigenvalue weighted by Gasteiger charge is 2.50. The van der Waals surface area contributed by atoms with Gasteiger partial charge in [0.25, 0.3) is 0 Å². The van der Waals surface area contributed by atoms with E-state index in [0.29, 0.717) is 16.7 Å². The molecule has 224 valence electrons. The van der Waals surface area contributed by atoms with E-state index in [-0.39, 0.29) is 10.4 Å². The monoisotopic (exact) mass is 585 g/mol. The molecule has 1 aliphatic carbocycles. The van der Waals surface area contributed by atoms with Crippen molar-refractivity contribution in [2.75, 3.05) is 39.3 Å². The average Bonchev–Trinajstić information content (AvgIpc) is 3.55. The number of allylic oxidation sites excluding steroid dienone is 4. The van der Waals surface area contributed by atoms with Crippen molar-refractivity contribution in [3.05, 3.63) is 101 Å². The van der Waals surface area contributed by atoms with Gasteiger partial charge in [0.05, 0.1) is 9.80 Å². The second-order valence-electron chi connectivity index (χ2n) is 12.9. The van der Waals surface area contributed by atoms with Crippen LogP contribution in [0.4, 0.5) is 0 Å². The van der Waals surface area contributed by atoms with Gasteiger partial charge < -0.3 is 15.1 Å². The quantitative estimate of drug-likeness (QED) is 0.350. The molecule has 0 amide bonds. The Morgan fingerprint density at radius 3 is 2.33 bits per heavy atom. The van der Waals surface area contributed by atoms with Gasteiger partial charge >= 0.3 is 0 Å². The van der Waals surface area contributed by atoms with Gasteiger partial charge in [0.2, 0.25) is 9.84 Å². The third-order valence-electron chi connectivity index (χ3n) is 10.5. The molecule has 42 heavy (non-hydrogen) atoms. The molecule has 0 radical (unpaired) electrons. The minimum Gasteiger partial charge on any atom is -0.374 e. The van der Waals surface area contributed by atoms with Crippen LogP contribution in [0.5, 0.6) is 0 Å². The summed E-state index contributed by atoms with van der Waals surface area (Å²) in [5, 5.41) is 4.16.